The summed E-state index contributed by atoms with van der Waals surface area (Å²) in [6.07, 6.45) is 10.2. The van der Waals surface area contributed by atoms with Gasteiger partial charge in [-0.1, -0.05) is 31.7 Å². The largest absolute Gasteiger partial charge is 0.357 e. The highest BCUT2D eigenvalue weighted by molar-refractivity contribution is 14.0. The summed E-state index contributed by atoms with van der Waals surface area (Å²) in [7, 11) is 0. The minimum absolute atomic E-state index is 0. The summed E-state index contributed by atoms with van der Waals surface area (Å²) in [4.78, 5) is 8.88. The Morgan fingerprint density at radius 2 is 2.09 bits per heavy atom. The first-order chi connectivity index (χ1) is 10.4. The van der Waals surface area contributed by atoms with E-state index in [9.17, 15) is 0 Å². The molecular weight excluding hydrogens is 387 g/mol. The monoisotopic (exact) mass is 416 g/mol. The molecule has 0 aromatic carbocycles. The molecule has 1 fully saturated rings. The first kappa shape index (κ1) is 19.2. The second-order valence-corrected chi connectivity index (χ2v) is 5.74. The molecule has 0 spiro atoms. The molecule has 1 aliphatic rings. The molecule has 2 N–H and O–H groups in total. The Labute approximate surface area is 151 Å². The second kappa shape index (κ2) is 11.7. The molecule has 5 heteroatoms. The second-order valence-electron chi connectivity index (χ2n) is 5.74. The summed E-state index contributed by atoms with van der Waals surface area (Å²) in [6.45, 7) is 4.61. The van der Waals surface area contributed by atoms with Crippen LogP contribution in [0.5, 0.6) is 0 Å². The molecule has 0 atom stereocenters. The number of nitrogens with zero attached hydrogens (tertiary/aromatic N) is 2. The lowest BCUT2D eigenvalue weighted by atomic mass is 10.0. The third kappa shape index (κ3) is 7.42. The van der Waals surface area contributed by atoms with Gasteiger partial charge in [0.1, 0.15) is 0 Å². The molecule has 1 aliphatic carbocycles. The number of hydrogen-bond acceptors (Lipinski definition) is 2. The topological polar surface area (TPSA) is 49.3 Å². The summed E-state index contributed by atoms with van der Waals surface area (Å²) in [5.74, 6) is 1.87. The van der Waals surface area contributed by atoms with Crippen molar-refractivity contribution in [2.45, 2.75) is 52.0 Å². The van der Waals surface area contributed by atoms with Crippen LogP contribution in [0.4, 0.5) is 0 Å². The molecule has 22 heavy (non-hydrogen) atoms. The zero-order chi connectivity index (χ0) is 14.8. The van der Waals surface area contributed by atoms with Crippen molar-refractivity contribution in [3.63, 3.8) is 0 Å². The summed E-state index contributed by atoms with van der Waals surface area (Å²) in [5, 5.41) is 6.72. The van der Waals surface area contributed by atoms with Crippen LogP contribution in [0.1, 0.15) is 51.1 Å². The van der Waals surface area contributed by atoms with Gasteiger partial charge in [-0.15, -0.1) is 24.0 Å². The number of aromatic nitrogens is 1. The molecule has 0 bridgehead atoms. The highest BCUT2D eigenvalue weighted by Gasteiger charge is 2.13. The lowest BCUT2D eigenvalue weighted by Gasteiger charge is -2.12. The van der Waals surface area contributed by atoms with E-state index in [-0.39, 0.29) is 24.0 Å². The number of pyridine rings is 1. The maximum Gasteiger partial charge on any atom is 0.191 e. The van der Waals surface area contributed by atoms with Crippen LogP contribution < -0.4 is 10.6 Å². The van der Waals surface area contributed by atoms with E-state index in [0.29, 0.717) is 6.54 Å². The van der Waals surface area contributed by atoms with Gasteiger partial charge >= 0.3 is 0 Å². The van der Waals surface area contributed by atoms with E-state index in [4.69, 9.17) is 0 Å². The summed E-state index contributed by atoms with van der Waals surface area (Å²) in [6, 6.07) is 5.94. The number of hydrogen-bond donors (Lipinski definition) is 2. The first-order valence-corrected chi connectivity index (χ1v) is 8.30. The molecule has 0 aliphatic heterocycles. The summed E-state index contributed by atoms with van der Waals surface area (Å²) < 4.78 is 0. The van der Waals surface area contributed by atoms with Gasteiger partial charge in [0.15, 0.2) is 5.96 Å². The van der Waals surface area contributed by atoms with E-state index in [0.717, 1.165) is 30.7 Å². The van der Waals surface area contributed by atoms with Gasteiger partial charge in [-0.3, -0.25) is 4.98 Å². The van der Waals surface area contributed by atoms with Crippen LogP contribution in [0.15, 0.2) is 29.4 Å². The SMILES string of the molecule is CCNC(=NCc1ccccn1)NCCCC1CCCC1.I. The Morgan fingerprint density at radius 3 is 2.77 bits per heavy atom. The highest BCUT2D eigenvalue weighted by Crippen LogP contribution is 2.28. The lowest BCUT2D eigenvalue weighted by molar-refractivity contribution is 0.481. The van der Waals surface area contributed by atoms with Crippen molar-refractivity contribution in [2.24, 2.45) is 10.9 Å². The average Bonchev–Trinajstić information content (AvgIpc) is 3.03. The minimum atomic E-state index is 0. The van der Waals surface area contributed by atoms with Gasteiger partial charge in [-0.2, -0.15) is 0 Å². The minimum Gasteiger partial charge on any atom is -0.357 e. The van der Waals surface area contributed by atoms with Crippen LogP contribution >= 0.6 is 24.0 Å². The van der Waals surface area contributed by atoms with E-state index in [1.165, 1.54) is 38.5 Å². The van der Waals surface area contributed by atoms with Crippen LogP contribution in [0.3, 0.4) is 0 Å². The summed E-state index contributed by atoms with van der Waals surface area (Å²) in [5.41, 5.74) is 1.00. The van der Waals surface area contributed by atoms with Crippen molar-refractivity contribution in [1.29, 1.82) is 0 Å². The first-order valence-electron chi connectivity index (χ1n) is 8.30. The molecule has 1 saturated carbocycles. The fourth-order valence-corrected chi connectivity index (χ4v) is 2.89. The van der Waals surface area contributed by atoms with Crippen molar-refractivity contribution in [3.05, 3.63) is 30.1 Å². The number of nitrogens with one attached hydrogen (secondary N) is 2. The normalized spacial score (nSPS) is 15.4. The summed E-state index contributed by atoms with van der Waals surface area (Å²) >= 11 is 0. The van der Waals surface area contributed by atoms with Gasteiger partial charge in [-0.05, 0) is 37.8 Å². The maximum absolute atomic E-state index is 4.58. The molecule has 0 saturated heterocycles. The van der Waals surface area contributed by atoms with Gasteiger partial charge in [0.25, 0.3) is 0 Å². The van der Waals surface area contributed by atoms with Crippen LogP contribution in [0.25, 0.3) is 0 Å². The predicted octanol–water partition coefficient (Wildman–Crippen LogP) is 3.73. The third-order valence-corrected chi connectivity index (χ3v) is 4.03. The van der Waals surface area contributed by atoms with Crippen molar-refractivity contribution >= 4 is 29.9 Å². The third-order valence-electron chi connectivity index (χ3n) is 4.03. The predicted molar refractivity (Wildman–Crippen MR) is 104 cm³/mol. The fourth-order valence-electron chi connectivity index (χ4n) is 2.89. The van der Waals surface area contributed by atoms with Gasteiger partial charge in [0.05, 0.1) is 12.2 Å². The molecular formula is C17H29IN4. The Balaban J connectivity index is 0.00000242. The molecule has 0 unspecified atom stereocenters. The molecule has 1 aromatic heterocycles. The molecule has 1 heterocycles. The van der Waals surface area contributed by atoms with Crippen molar-refractivity contribution in [1.82, 2.24) is 15.6 Å². The molecule has 4 nitrogen and oxygen atoms in total. The van der Waals surface area contributed by atoms with Gasteiger partial charge in [0, 0.05) is 19.3 Å². The number of guanidine groups is 1. The van der Waals surface area contributed by atoms with Gasteiger partial charge in [-0.25, -0.2) is 4.99 Å². The number of halogens is 1. The molecule has 1 aromatic rings. The van der Waals surface area contributed by atoms with Gasteiger partial charge < -0.3 is 10.6 Å². The van der Waals surface area contributed by atoms with Crippen LogP contribution in [0.2, 0.25) is 0 Å². The highest BCUT2D eigenvalue weighted by atomic mass is 127. The standard InChI is InChI=1S/C17H28N4.HI/c1-2-18-17(21-14-16-11-5-6-12-19-16)20-13-7-10-15-8-3-4-9-15;/h5-6,11-12,15H,2-4,7-10,13-14H2,1H3,(H2,18,20,21);1H. The van der Waals surface area contributed by atoms with Crippen LogP contribution in [-0.4, -0.2) is 24.0 Å². The van der Waals surface area contributed by atoms with E-state index in [2.05, 4.69) is 27.5 Å². The van der Waals surface area contributed by atoms with E-state index in [1.54, 1.807) is 0 Å². The van der Waals surface area contributed by atoms with E-state index >= 15 is 0 Å². The zero-order valence-electron chi connectivity index (χ0n) is 13.6. The van der Waals surface area contributed by atoms with Crippen molar-refractivity contribution < 1.29 is 0 Å². The Kier molecular flexibility index (Phi) is 10.2. The average molecular weight is 416 g/mol. The number of rotatable bonds is 7. The van der Waals surface area contributed by atoms with E-state index < -0.39 is 0 Å². The van der Waals surface area contributed by atoms with Crippen molar-refractivity contribution in [3.8, 4) is 0 Å². The van der Waals surface area contributed by atoms with Crippen LogP contribution in [-0.2, 0) is 6.54 Å². The maximum atomic E-state index is 4.58. The Morgan fingerprint density at radius 1 is 1.27 bits per heavy atom. The van der Waals surface area contributed by atoms with Gasteiger partial charge in [0.2, 0.25) is 0 Å². The Hall–Kier alpha value is -0.850. The zero-order valence-corrected chi connectivity index (χ0v) is 15.9. The molecule has 0 amide bonds. The fraction of sp³-hybridized carbons (Fsp3) is 0.647. The molecule has 0 radical (unpaired) electrons. The lowest BCUT2D eigenvalue weighted by Crippen LogP contribution is -2.37. The smallest absolute Gasteiger partial charge is 0.191 e. The molecule has 2 rings (SSSR count). The van der Waals surface area contributed by atoms with E-state index in [1.807, 2.05) is 24.4 Å². The van der Waals surface area contributed by atoms with Crippen molar-refractivity contribution in [2.75, 3.05) is 13.1 Å². The quantitative estimate of drug-likeness (QED) is 0.308. The number of aliphatic imine (C=N–C) groups is 1. The Bertz CT molecular complexity index is 416. The van der Waals surface area contributed by atoms with Crippen LogP contribution in [0, 0.1) is 5.92 Å². The molecule has 124 valence electrons.